The number of hydrogen-bond acceptors (Lipinski definition) is 4. The topological polar surface area (TPSA) is 53.3 Å². The van der Waals surface area contributed by atoms with E-state index in [1.807, 2.05) is 0 Å². The molecular weight excluding hydrogens is 324 g/mol. The Kier molecular flexibility index (Phi) is 9.64. The Morgan fingerprint density at radius 3 is 2.00 bits per heavy atom. The summed E-state index contributed by atoms with van der Waals surface area (Å²) < 4.78 is 5.80. The van der Waals surface area contributed by atoms with Gasteiger partial charge in [0.1, 0.15) is 6.10 Å². The van der Waals surface area contributed by atoms with Gasteiger partial charge in [0.05, 0.1) is 12.6 Å². The molecule has 4 heteroatoms. The van der Waals surface area contributed by atoms with Crippen LogP contribution in [0.1, 0.15) is 105 Å². The fourth-order valence-corrected chi connectivity index (χ4v) is 4.46. The van der Waals surface area contributed by atoms with E-state index in [9.17, 15) is 4.79 Å². The lowest BCUT2D eigenvalue weighted by atomic mass is 9.78. The molecule has 0 aromatic carbocycles. The standard InChI is InChI=1S/C22H40N2O2/c1-6-7-8-9-10-11-12-13-14-20(25)26-19-17-21(2,3)24(16-15-23)22(4,5)18-19/h19H,6-14,16-18H2,1-5H3. The summed E-state index contributed by atoms with van der Waals surface area (Å²) in [5.41, 5.74) is -0.276. The second-order valence-electron chi connectivity index (χ2n) is 9.11. The number of nitriles is 1. The van der Waals surface area contributed by atoms with Gasteiger partial charge in [0.2, 0.25) is 0 Å². The maximum atomic E-state index is 12.2. The molecule has 0 radical (unpaired) electrons. The van der Waals surface area contributed by atoms with Gasteiger partial charge in [-0.15, -0.1) is 0 Å². The summed E-state index contributed by atoms with van der Waals surface area (Å²) in [5.74, 6) is -0.0543. The number of nitrogens with zero attached hydrogens (tertiary/aromatic N) is 2. The van der Waals surface area contributed by atoms with Crippen LogP contribution in [0.5, 0.6) is 0 Å². The zero-order valence-electron chi connectivity index (χ0n) is 17.8. The molecule has 4 nitrogen and oxygen atoms in total. The predicted octanol–water partition coefficient (Wildman–Crippen LogP) is 5.61. The quantitative estimate of drug-likeness (QED) is 0.272. The summed E-state index contributed by atoms with van der Waals surface area (Å²) in [6.07, 6.45) is 11.9. The smallest absolute Gasteiger partial charge is 0.306 e. The second-order valence-corrected chi connectivity index (χ2v) is 9.11. The first-order valence-electron chi connectivity index (χ1n) is 10.6. The zero-order valence-corrected chi connectivity index (χ0v) is 17.8. The van der Waals surface area contributed by atoms with Crippen LogP contribution in [0.3, 0.4) is 0 Å². The van der Waals surface area contributed by atoms with Crippen LogP contribution in [0, 0.1) is 11.3 Å². The highest BCUT2D eigenvalue weighted by atomic mass is 16.5. The molecule has 0 unspecified atom stereocenters. The largest absolute Gasteiger partial charge is 0.462 e. The van der Waals surface area contributed by atoms with E-state index >= 15 is 0 Å². The number of unbranched alkanes of at least 4 members (excludes halogenated alkanes) is 7. The molecule has 150 valence electrons. The monoisotopic (exact) mass is 364 g/mol. The van der Waals surface area contributed by atoms with Gasteiger partial charge in [-0.1, -0.05) is 51.9 Å². The van der Waals surface area contributed by atoms with E-state index in [2.05, 4.69) is 45.6 Å². The van der Waals surface area contributed by atoms with Crippen LogP contribution in [0.4, 0.5) is 0 Å². The van der Waals surface area contributed by atoms with Gasteiger partial charge in [0.15, 0.2) is 0 Å². The van der Waals surface area contributed by atoms with Crippen molar-refractivity contribution >= 4 is 5.97 Å². The average Bonchev–Trinajstić information content (AvgIpc) is 2.52. The van der Waals surface area contributed by atoms with Crippen molar-refractivity contribution in [2.75, 3.05) is 6.54 Å². The minimum absolute atomic E-state index is 0.0449. The number of carbonyl (C=O) groups excluding carboxylic acids is 1. The Morgan fingerprint density at radius 2 is 1.50 bits per heavy atom. The van der Waals surface area contributed by atoms with Crippen LogP contribution in [-0.4, -0.2) is 34.6 Å². The highest BCUT2D eigenvalue weighted by Gasteiger charge is 2.46. The van der Waals surface area contributed by atoms with Gasteiger partial charge >= 0.3 is 5.97 Å². The molecule has 0 aromatic heterocycles. The van der Waals surface area contributed by atoms with E-state index in [1.54, 1.807) is 0 Å². The number of likely N-dealkylation sites (tertiary alicyclic amines) is 1. The fourth-order valence-electron chi connectivity index (χ4n) is 4.46. The maximum absolute atomic E-state index is 12.2. The lowest BCUT2D eigenvalue weighted by Gasteiger charge is -2.53. The van der Waals surface area contributed by atoms with Crippen molar-refractivity contribution in [2.24, 2.45) is 0 Å². The van der Waals surface area contributed by atoms with Gasteiger partial charge in [-0.3, -0.25) is 9.69 Å². The molecule has 0 aliphatic carbocycles. The third kappa shape index (κ3) is 7.66. The number of ether oxygens (including phenoxy) is 1. The molecular formula is C22H40N2O2. The molecule has 0 spiro atoms. The van der Waals surface area contributed by atoms with Gasteiger partial charge < -0.3 is 4.74 Å². The summed E-state index contributed by atoms with van der Waals surface area (Å²) in [4.78, 5) is 14.5. The van der Waals surface area contributed by atoms with Gasteiger partial charge in [-0.25, -0.2) is 0 Å². The summed E-state index contributed by atoms with van der Waals surface area (Å²) in [5, 5.41) is 9.12. The number of carbonyl (C=O) groups is 1. The first kappa shape index (κ1) is 23.0. The van der Waals surface area contributed by atoms with E-state index in [0.717, 1.165) is 25.7 Å². The Bertz CT molecular complexity index is 447. The fraction of sp³-hybridized carbons (Fsp3) is 0.909. The highest BCUT2D eigenvalue weighted by Crippen LogP contribution is 2.39. The van der Waals surface area contributed by atoms with Gasteiger partial charge in [0.25, 0.3) is 0 Å². The van der Waals surface area contributed by atoms with Crippen LogP contribution in [0.2, 0.25) is 0 Å². The lowest BCUT2D eigenvalue weighted by molar-refractivity contribution is -0.159. The predicted molar refractivity (Wildman–Crippen MR) is 107 cm³/mol. The summed E-state index contributed by atoms with van der Waals surface area (Å²) in [6, 6.07) is 2.28. The highest BCUT2D eigenvalue weighted by molar-refractivity contribution is 5.69. The van der Waals surface area contributed by atoms with Crippen molar-refractivity contribution in [1.29, 1.82) is 5.26 Å². The van der Waals surface area contributed by atoms with E-state index in [-0.39, 0.29) is 23.2 Å². The molecule has 26 heavy (non-hydrogen) atoms. The van der Waals surface area contributed by atoms with Crippen molar-refractivity contribution in [3.05, 3.63) is 0 Å². The number of hydrogen-bond donors (Lipinski definition) is 0. The van der Waals surface area contributed by atoms with Gasteiger partial charge in [-0.05, 0) is 34.1 Å². The Labute approximate surface area is 161 Å². The van der Waals surface area contributed by atoms with E-state index in [1.165, 1.54) is 38.5 Å². The third-order valence-corrected chi connectivity index (χ3v) is 5.68. The van der Waals surface area contributed by atoms with Crippen molar-refractivity contribution in [3.63, 3.8) is 0 Å². The zero-order chi connectivity index (χ0) is 19.6. The van der Waals surface area contributed by atoms with Crippen molar-refractivity contribution in [3.8, 4) is 6.07 Å². The van der Waals surface area contributed by atoms with E-state index < -0.39 is 0 Å². The van der Waals surface area contributed by atoms with E-state index in [4.69, 9.17) is 10.00 Å². The Morgan fingerprint density at radius 1 is 1.00 bits per heavy atom. The van der Waals surface area contributed by atoms with Crippen LogP contribution < -0.4 is 0 Å². The molecule has 1 aliphatic heterocycles. The molecule has 0 bridgehead atoms. The average molecular weight is 365 g/mol. The minimum Gasteiger partial charge on any atom is -0.462 e. The third-order valence-electron chi connectivity index (χ3n) is 5.68. The molecule has 1 heterocycles. The molecule has 0 saturated carbocycles. The van der Waals surface area contributed by atoms with Crippen molar-refractivity contribution in [1.82, 2.24) is 4.90 Å². The maximum Gasteiger partial charge on any atom is 0.306 e. The first-order valence-corrected chi connectivity index (χ1v) is 10.6. The van der Waals surface area contributed by atoms with Crippen LogP contribution in [-0.2, 0) is 9.53 Å². The first-order chi connectivity index (χ1) is 12.2. The van der Waals surface area contributed by atoms with Gasteiger partial charge in [0, 0.05) is 30.3 Å². The van der Waals surface area contributed by atoms with E-state index in [0.29, 0.717) is 13.0 Å². The van der Waals surface area contributed by atoms with Crippen molar-refractivity contribution in [2.45, 2.75) is 122 Å². The Hall–Kier alpha value is -1.08. The number of piperidine rings is 1. The number of esters is 1. The minimum atomic E-state index is -0.138. The number of rotatable bonds is 11. The van der Waals surface area contributed by atoms with Crippen LogP contribution >= 0.6 is 0 Å². The van der Waals surface area contributed by atoms with Crippen LogP contribution in [0.25, 0.3) is 0 Å². The molecule has 1 aliphatic rings. The summed E-state index contributed by atoms with van der Waals surface area (Å²) in [6.45, 7) is 11.2. The molecule has 1 saturated heterocycles. The molecule has 0 aromatic rings. The SMILES string of the molecule is CCCCCCCCCCC(=O)OC1CC(C)(C)N(CC#N)C(C)(C)C1. The summed E-state index contributed by atoms with van der Waals surface area (Å²) >= 11 is 0. The van der Waals surface area contributed by atoms with Gasteiger partial charge in [-0.2, -0.15) is 5.26 Å². The Balaban J connectivity index is 2.31. The van der Waals surface area contributed by atoms with Crippen molar-refractivity contribution < 1.29 is 9.53 Å². The second kappa shape index (κ2) is 10.9. The normalized spacial score (nSPS) is 19.8. The lowest BCUT2D eigenvalue weighted by Crippen LogP contribution is -2.62. The summed E-state index contributed by atoms with van der Waals surface area (Å²) in [7, 11) is 0. The molecule has 0 N–H and O–H groups in total. The molecule has 1 fully saturated rings. The molecule has 0 atom stereocenters. The molecule has 0 amide bonds. The van der Waals surface area contributed by atoms with Crippen LogP contribution in [0.15, 0.2) is 0 Å². The molecule has 1 rings (SSSR count).